The second kappa shape index (κ2) is 7.92. The van der Waals surface area contributed by atoms with E-state index >= 15 is 0 Å². The lowest BCUT2D eigenvalue weighted by Gasteiger charge is -2.25. The SMILES string of the molecule is [C-]#[N+]c1ccc(C)c(Oc2ccc(OC(C)(C)C(=O)OCC)c(C)c2)c1. The summed E-state index contributed by atoms with van der Waals surface area (Å²) >= 11 is 0. The Labute approximate surface area is 154 Å². The van der Waals surface area contributed by atoms with Gasteiger partial charge in [-0.1, -0.05) is 12.1 Å². The van der Waals surface area contributed by atoms with Crippen LogP contribution in [0.4, 0.5) is 5.69 Å². The number of benzene rings is 2. The van der Waals surface area contributed by atoms with E-state index in [2.05, 4.69) is 4.85 Å². The van der Waals surface area contributed by atoms with E-state index in [1.54, 1.807) is 45.0 Å². The molecule has 0 fully saturated rings. The zero-order valence-electron chi connectivity index (χ0n) is 15.8. The first-order chi connectivity index (χ1) is 12.3. The van der Waals surface area contributed by atoms with E-state index in [0.29, 0.717) is 29.5 Å². The molecule has 0 unspecified atom stereocenters. The minimum atomic E-state index is -1.08. The number of nitrogens with zero attached hydrogens (tertiary/aromatic N) is 1. The lowest BCUT2D eigenvalue weighted by atomic mass is 10.1. The number of rotatable bonds is 6. The van der Waals surface area contributed by atoms with Crippen LogP contribution in [0.25, 0.3) is 4.85 Å². The van der Waals surface area contributed by atoms with Gasteiger partial charge in [-0.25, -0.2) is 9.64 Å². The predicted octanol–water partition coefficient (Wildman–Crippen LogP) is 5.37. The molecule has 0 saturated carbocycles. The van der Waals surface area contributed by atoms with Crippen molar-refractivity contribution >= 4 is 11.7 Å². The van der Waals surface area contributed by atoms with Crippen LogP contribution in [0.3, 0.4) is 0 Å². The summed E-state index contributed by atoms with van der Waals surface area (Å²) in [4.78, 5) is 15.4. The van der Waals surface area contributed by atoms with Crippen LogP contribution in [-0.4, -0.2) is 18.2 Å². The highest BCUT2D eigenvalue weighted by atomic mass is 16.6. The van der Waals surface area contributed by atoms with Crippen molar-refractivity contribution < 1.29 is 19.0 Å². The maximum absolute atomic E-state index is 12.0. The molecule has 0 spiro atoms. The van der Waals surface area contributed by atoms with E-state index in [4.69, 9.17) is 20.8 Å². The molecule has 0 heterocycles. The molecule has 0 atom stereocenters. The monoisotopic (exact) mass is 353 g/mol. The van der Waals surface area contributed by atoms with Crippen molar-refractivity contribution in [3.8, 4) is 17.2 Å². The van der Waals surface area contributed by atoms with Gasteiger partial charge in [0.25, 0.3) is 0 Å². The molecular weight excluding hydrogens is 330 g/mol. The Balaban J connectivity index is 2.20. The normalized spacial score (nSPS) is 10.8. The quantitative estimate of drug-likeness (QED) is 0.518. The van der Waals surface area contributed by atoms with Crippen LogP contribution in [-0.2, 0) is 9.53 Å². The molecule has 0 saturated heterocycles. The van der Waals surface area contributed by atoms with Crippen LogP contribution >= 0.6 is 0 Å². The van der Waals surface area contributed by atoms with Crippen LogP contribution < -0.4 is 9.47 Å². The second-order valence-electron chi connectivity index (χ2n) is 6.42. The molecule has 0 aliphatic heterocycles. The highest BCUT2D eigenvalue weighted by Gasteiger charge is 2.32. The highest BCUT2D eigenvalue weighted by Crippen LogP contribution is 2.32. The fourth-order valence-corrected chi connectivity index (χ4v) is 2.32. The van der Waals surface area contributed by atoms with Gasteiger partial charge in [-0.15, -0.1) is 0 Å². The minimum absolute atomic E-state index is 0.306. The molecule has 0 N–H and O–H groups in total. The Morgan fingerprint density at radius 3 is 2.42 bits per heavy atom. The summed E-state index contributed by atoms with van der Waals surface area (Å²) in [7, 11) is 0. The van der Waals surface area contributed by atoms with Gasteiger partial charge in [0.05, 0.1) is 13.2 Å². The lowest BCUT2D eigenvalue weighted by Crippen LogP contribution is -2.39. The van der Waals surface area contributed by atoms with E-state index in [1.807, 2.05) is 26.0 Å². The average molecular weight is 353 g/mol. The van der Waals surface area contributed by atoms with Crippen molar-refractivity contribution in [3.05, 3.63) is 58.9 Å². The molecule has 5 nitrogen and oxygen atoms in total. The van der Waals surface area contributed by atoms with Gasteiger partial charge >= 0.3 is 5.97 Å². The molecule has 2 aromatic carbocycles. The third kappa shape index (κ3) is 4.54. The summed E-state index contributed by atoms with van der Waals surface area (Å²) in [6, 6.07) is 10.7. The smallest absolute Gasteiger partial charge is 0.349 e. The molecule has 0 aliphatic carbocycles. The van der Waals surface area contributed by atoms with Crippen LogP contribution in [0.5, 0.6) is 17.2 Å². The second-order valence-corrected chi connectivity index (χ2v) is 6.42. The molecule has 0 aromatic heterocycles. The summed E-state index contributed by atoms with van der Waals surface area (Å²) in [5.41, 5.74) is 1.22. The molecule has 0 aliphatic rings. The van der Waals surface area contributed by atoms with Gasteiger partial charge in [0.15, 0.2) is 11.3 Å². The predicted molar refractivity (Wildman–Crippen MR) is 100 cm³/mol. The molecule has 5 heteroatoms. The fraction of sp³-hybridized carbons (Fsp3) is 0.333. The van der Waals surface area contributed by atoms with Crippen molar-refractivity contribution in [2.24, 2.45) is 0 Å². The molecule has 136 valence electrons. The topological polar surface area (TPSA) is 49.1 Å². The van der Waals surface area contributed by atoms with E-state index in [9.17, 15) is 4.79 Å². The third-order valence-corrected chi connectivity index (χ3v) is 3.81. The molecule has 2 aromatic rings. The van der Waals surface area contributed by atoms with Crippen molar-refractivity contribution in [1.29, 1.82) is 0 Å². The molecule has 2 rings (SSSR count). The van der Waals surface area contributed by atoms with Gasteiger partial charge in [-0.3, -0.25) is 0 Å². The first kappa shape index (κ1) is 19.3. The Morgan fingerprint density at radius 2 is 1.81 bits per heavy atom. The third-order valence-electron chi connectivity index (χ3n) is 3.81. The molecule has 0 radical (unpaired) electrons. The first-order valence-electron chi connectivity index (χ1n) is 8.39. The molecular formula is C21H23NO4. The number of ether oxygens (including phenoxy) is 3. The number of carbonyl (C=O) groups is 1. The van der Waals surface area contributed by atoms with Gasteiger partial charge < -0.3 is 14.2 Å². The van der Waals surface area contributed by atoms with E-state index in [-0.39, 0.29) is 0 Å². The number of hydrogen-bond donors (Lipinski definition) is 0. The van der Waals surface area contributed by atoms with Crippen molar-refractivity contribution in [2.45, 2.75) is 40.2 Å². The Kier molecular flexibility index (Phi) is 5.89. The zero-order chi connectivity index (χ0) is 19.3. The van der Waals surface area contributed by atoms with Gasteiger partial charge in [0.1, 0.15) is 17.2 Å². The number of carbonyl (C=O) groups excluding carboxylic acids is 1. The fourth-order valence-electron chi connectivity index (χ4n) is 2.32. The van der Waals surface area contributed by atoms with Gasteiger partial charge in [0, 0.05) is 0 Å². The van der Waals surface area contributed by atoms with E-state index < -0.39 is 11.6 Å². The van der Waals surface area contributed by atoms with Crippen LogP contribution in [0, 0.1) is 20.4 Å². The minimum Gasteiger partial charge on any atom is -0.476 e. The van der Waals surface area contributed by atoms with Gasteiger partial charge in [-0.05, 0) is 70.0 Å². The Hall–Kier alpha value is -3.00. The molecule has 0 amide bonds. The highest BCUT2D eigenvalue weighted by molar-refractivity contribution is 5.79. The summed E-state index contributed by atoms with van der Waals surface area (Å²) in [5.74, 6) is 1.45. The summed E-state index contributed by atoms with van der Waals surface area (Å²) in [6.45, 7) is 16.3. The summed E-state index contributed by atoms with van der Waals surface area (Å²) in [6.07, 6.45) is 0. The maximum atomic E-state index is 12.0. The Bertz CT molecular complexity index is 850. The van der Waals surface area contributed by atoms with Gasteiger partial charge in [-0.2, -0.15) is 0 Å². The molecule has 26 heavy (non-hydrogen) atoms. The van der Waals surface area contributed by atoms with E-state index in [0.717, 1.165) is 11.1 Å². The van der Waals surface area contributed by atoms with Crippen LogP contribution in [0.1, 0.15) is 31.9 Å². The standard InChI is InChI=1S/C21H23NO4/c1-7-24-20(23)21(4,5)26-18-11-10-17(12-15(18)3)25-19-13-16(22-6)9-8-14(19)2/h8-13H,7H2,1-5H3. The average Bonchev–Trinajstić information content (AvgIpc) is 2.59. The van der Waals surface area contributed by atoms with Crippen molar-refractivity contribution in [3.63, 3.8) is 0 Å². The zero-order valence-corrected chi connectivity index (χ0v) is 15.8. The van der Waals surface area contributed by atoms with Crippen LogP contribution in [0.15, 0.2) is 36.4 Å². The Morgan fingerprint density at radius 1 is 1.08 bits per heavy atom. The number of hydrogen-bond acceptors (Lipinski definition) is 4. The van der Waals surface area contributed by atoms with Crippen LogP contribution in [0.2, 0.25) is 0 Å². The lowest BCUT2D eigenvalue weighted by molar-refractivity contribution is -0.158. The maximum Gasteiger partial charge on any atom is 0.349 e. The summed E-state index contributed by atoms with van der Waals surface area (Å²) in [5, 5.41) is 0. The van der Waals surface area contributed by atoms with Gasteiger partial charge in [0.2, 0.25) is 0 Å². The molecule has 0 bridgehead atoms. The largest absolute Gasteiger partial charge is 0.476 e. The van der Waals surface area contributed by atoms with E-state index in [1.165, 1.54) is 0 Å². The van der Waals surface area contributed by atoms with Crippen molar-refractivity contribution in [2.75, 3.05) is 6.61 Å². The number of esters is 1. The summed E-state index contributed by atoms with van der Waals surface area (Å²) < 4.78 is 16.8. The number of aryl methyl sites for hydroxylation is 2. The van der Waals surface area contributed by atoms with Crippen molar-refractivity contribution in [1.82, 2.24) is 0 Å². The first-order valence-corrected chi connectivity index (χ1v) is 8.39.